The summed E-state index contributed by atoms with van der Waals surface area (Å²) in [5.41, 5.74) is 2.11. The maximum absolute atomic E-state index is 13.1. The largest absolute Gasteiger partial charge is 0.243 e. The predicted molar refractivity (Wildman–Crippen MR) is 96.2 cm³/mol. The molecule has 3 nitrogen and oxygen atoms in total. The van der Waals surface area contributed by atoms with Gasteiger partial charge in [0.05, 0.1) is 10.9 Å². The lowest BCUT2D eigenvalue weighted by Gasteiger charge is -2.37. The van der Waals surface area contributed by atoms with E-state index in [-0.39, 0.29) is 6.04 Å². The second kappa shape index (κ2) is 6.75. The van der Waals surface area contributed by atoms with Gasteiger partial charge in [0.15, 0.2) is 0 Å². The van der Waals surface area contributed by atoms with Crippen LogP contribution in [-0.2, 0) is 10.0 Å². The molecule has 0 aliphatic carbocycles. The topological polar surface area (TPSA) is 37.4 Å². The van der Waals surface area contributed by atoms with E-state index in [9.17, 15) is 8.42 Å². The fourth-order valence-corrected chi connectivity index (χ4v) is 5.21. The van der Waals surface area contributed by atoms with Crippen LogP contribution in [0.3, 0.4) is 0 Å². The monoisotopic (exact) mass is 393 g/mol. The Kier molecular flexibility index (Phi) is 4.90. The zero-order valence-corrected chi connectivity index (χ0v) is 15.4. The van der Waals surface area contributed by atoms with Crippen molar-refractivity contribution in [1.29, 1.82) is 0 Å². The molecule has 1 aliphatic heterocycles. The van der Waals surface area contributed by atoms with Crippen molar-refractivity contribution in [2.75, 3.05) is 6.54 Å². The molecule has 0 N–H and O–H groups in total. The van der Waals surface area contributed by atoms with E-state index in [0.717, 1.165) is 24.0 Å². The van der Waals surface area contributed by atoms with Crippen LogP contribution in [0.25, 0.3) is 0 Å². The average molecular weight is 394 g/mol. The maximum atomic E-state index is 13.1. The van der Waals surface area contributed by atoms with E-state index < -0.39 is 10.0 Å². The number of sulfonamides is 1. The summed E-state index contributed by atoms with van der Waals surface area (Å²) in [4.78, 5) is 0.717. The summed E-state index contributed by atoms with van der Waals surface area (Å²) >= 11 is 3.66. The van der Waals surface area contributed by atoms with Crippen LogP contribution in [0.2, 0.25) is 0 Å². The standard InChI is InChI=1S/C18H20BrNO2S/c1-14-7-9-17(10-8-14)23(21,22)20-12-11-16(19)13-18(20)15-5-3-2-4-6-15/h2-10,16,18H,11-13H2,1H3/t16-,18-/m1/s1. The minimum atomic E-state index is -3.49. The summed E-state index contributed by atoms with van der Waals surface area (Å²) in [5, 5.41) is 0. The summed E-state index contributed by atoms with van der Waals surface area (Å²) in [6.07, 6.45) is 1.61. The Balaban J connectivity index is 1.99. The molecule has 122 valence electrons. The highest BCUT2D eigenvalue weighted by atomic mass is 79.9. The van der Waals surface area contributed by atoms with Crippen LogP contribution in [0.15, 0.2) is 59.5 Å². The molecule has 0 radical (unpaired) electrons. The summed E-state index contributed by atoms with van der Waals surface area (Å²) in [7, 11) is -3.49. The number of alkyl halides is 1. The molecule has 0 unspecified atom stereocenters. The van der Waals surface area contributed by atoms with Crippen LogP contribution in [0.5, 0.6) is 0 Å². The van der Waals surface area contributed by atoms with Gasteiger partial charge in [0.2, 0.25) is 10.0 Å². The fourth-order valence-electron chi connectivity index (χ4n) is 3.01. The van der Waals surface area contributed by atoms with Gasteiger partial charge in [-0.1, -0.05) is 64.0 Å². The molecule has 1 fully saturated rings. The minimum Gasteiger partial charge on any atom is -0.207 e. The molecule has 2 atom stereocenters. The van der Waals surface area contributed by atoms with E-state index >= 15 is 0 Å². The number of benzene rings is 2. The van der Waals surface area contributed by atoms with Gasteiger partial charge in [-0.25, -0.2) is 8.42 Å². The van der Waals surface area contributed by atoms with Crippen molar-refractivity contribution in [3.05, 3.63) is 65.7 Å². The first-order valence-corrected chi connectivity index (χ1v) is 10.1. The lowest BCUT2D eigenvalue weighted by atomic mass is 9.97. The maximum Gasteiger partial charge on any atom is 0.243 e. The molecule has 0 saturated carbocycles. The van der Waals surface area contributed by atoms with Gasteiger partial charge < -0.3 is 0 Å². The summed E-state index contributed by atoms with van der Waals surface area (Å²) in [6, 6.07) is 16.9. The number of rotatable bonds is 3. The normalized spacial score (nSPS) is 22.9. The molecule has 1 saturated heterocycles. The molecule has 2 aromatic rings. The molecule has 3 rings (SSSR count). The van der Waals surface area contributed by atoms with E-state index in [1.54, 1.807) is 16.4 Å². The zero-order chi connectivity index (χ0) is 16.4. The Bertz CT molecular complexity index is 759. The SMILES string of the molecule is Cc1ccc(S(=O)(=O)N2CC[C@@H](Br)C[C@@H]2c2ccccc2)cc1. The molecule has 23 heavy (non-hydrogen) atoms. The van der Waals surface area contributed by atoms with Gasteiger partial charge in [-0.05, 0) is 37.5 Å². The van der Waals surface area contributed by atoms with Crippen molar-refractivity contribution in [1.82, 2.24) is 4.31 Å². The van der Waals surface area contributed by atoms with Gasteiger partial charge in [0.1, 0.15) is 0 Å². The van der Waals surface area contributed by atoms with Crippen LogP contribution in [-0.4, -0.2) is 24.1 Å². The number of piperidine rings is 1. The Labute approximate surface area is 146 Å². The third-order valence-corrected chi connectivity index (χ3v) is 7.06. The number of halogens is 1. The smallest absolute Gasteiger partial charge is 0.207 e. The van der Waals surface area contributed by atoms with E-state index in [0.29, 0.717) is 16.3 Å². The van der Waals surface area contributed by atoms with Crippen molar-refractivity contribution in [3.8, 4) is 0 Å². The highest BCUT2D eigenvalue weighted by molar-refractivity contribution is 9.09. The van der Waals surface area contributed by atoms with Crippen LogP contribution >= 0.6 is 15.9 Å². The van der Waals surface area contributed by atoms with Crippen LogP contribution < -0.4 is 0 Å². The quantitative estimate of drug-likeness (QED) is 0.729. The molecular weight excluding hydrogens is 374 g/mol. The Morgan fingerprint density at radius 1 is 1.04 bits per heavy atom. The van der Waals surface area contributed by atoms with Gasteiger partial charge in [0.25, 0.3) is 0 Å². The summed E-state index contributed by atoms with van der Waals surface area (Å²) in [5.74, 6) is 0. The Morgan fingerprint density at radius 3 is 2.35 bits per heavy atom. The van der Waals surface area contributed by atoms with Crippen molar-refractivity contribution in [3.63, 3.8) is 0 Å². The zero-order valence-electron chi connectivity index (χ0n) is 13.0. The lowest BCUT2D eigenvalue weighted by molar-refractivity contribution is 0.263. The molecule has 0 spiro atoms. The molecule has 0 amide bonds. The van der Waals surface area contributed by atoms with E-state index in [1.807, 2.05) is 49.4 Å². The predicted octanol–water partition coefficient (Wildman–Crippen LogP) is 4.28. The third-order valence-electron chi connectivity index (χ3n) is 4.30. The highest BCUT2D eigenvalue weighted by Crippen LogP contribution is 2.37. The van der Waals surface area contributed by atoms with Crippen molar-refractivity contribution < 1.29 is 8.42 Å². The first kappa shape index (κ1) is 16.7. The number of nitrogens with zero attached hydrogens (tertiary/aromatic N) is 1. The van der Waals surface area contributed by atoms with E-state index in [1.165, 1.54) is 0 Å². The Hall–Kier alpha value is -1.17. The van der Waals surface area contributed by atoms with Gasteiger partial charge in [0, 0.05) is 11.4 Å². The fraction of sp³-hybridized carbons (Fsp3) is 0.333. The van der Waals surface area contributed by atoms with Crippen LogP contribution in [0.4, 0.5) is 0 Å². The second-order valence-corrected chi connectivity index (χ2v) is 9.16. The molecule has 1 aliphatic rings. The first-order valence-electron chi connectivity index (χ1n) is 7.76. The van der Waals surface area contributed by atoms with Crippen LogP contribution in [0, 0.1) is 6.92 Å². The molecule has 1 heterocycles. The summed E-state index contributed by atoms with van der Waals surface area (Å²) in [6.45, 7) is 2.49. The van der Waals surface area contributed by atoms with E-state index in [4.69, 9.17) is 0 Å². The lowest BCUT2D eigenvalue weighted by Crippen LogP contribution is -2.41. The van der Waals surface area contributed by atoms with Gasteiger partial charge >= 0.3 is 0 Å². The van der Waals surface area contributed by atoms with Crippen molar-refractivity contribution in [2.45, 2.75) is 35.5 Å². The molecular formula is C18H20BrNO2S. The van der Waals surface area contributed by atoms with Crippen LogP contribution in [0.1, 0.15) is 30.0 Å². The van der Waals surface area contributed by atoms with Gasteiger partial charge in [-0.3, -0.25) is 0 Å². The molecule has 5 heteroatoms. The highest BCUT2D eigenvalue weighted by Gasteiger charge is 2.36. The average Bonchev–Trinajstić information content (AvgIpc) is 2.56. The summed E-state index contributed by atoms with van der Waals surface area (Å²) < 4.78 is 27.9. The van der Waals surface area contributed by atoms with Crippen molar-refractivity contribution >= 4 is 26.0 Å². The second-order valence-electron chi connectivity index (χ2n) is 5.98. The number of hydrogen-bond acceptors (Lipinski definition) is 2. The molecule has 0 aromatic heterocycles. The molecule has 2 aromatic carbocycles. The Morgan fingerprint density at radius 2 is 1.70 bits per heavy atom. The van der Waals surface area contributed by atoms with Gasteiger partial charge in [-0.2, -0.15) is 4.31 Å². The van der Waals surface area contributed by atoms with Gasteiger partial charge in [-0.15, -0.1) is 0 Å². The first-order chi connectivity index (χ1) is 11.0. The number of hydrogen-bond donors (Lipinski definition) is 0. The van der Waals surface area contributed by atoms with E-state index in [2.05, 4.69) is 15.9 Å². The molecule has 0 bridgehead atoms. The number of aryl methyl sites for hydroxylation is 1. The third kappa shape index (κ3) is 3.52. The minimum absolute atomic E-state index is 0.124. The van der Waals surface area contributed by atoms with Crippen molar-refractivity contribution in [2.24, 2.45) is 0 Å².